The van der Waals surface area contributed by atoms with Gasteiger partial charge in [0.15, 0.2) is 23.4 Å². The molecule has 4 atom stereocenters. The van der Waals surface area contributed by atoms with Crippen molar-refractivity contribution in [1.29, 1.82) is 0 Å². The molecule has 1 saturated carbocycles. The van der Waals surface area contributed by atoms with E-state index in [1.807, 2.05) is 16.7 Å². The molecule has 2 heterocycles. The average molecular weight is 450 g/mol. The number of amides is 2. The Bertz CT molecular complexity index is 892. The number of methoxy groups -OCH3 is 1. The van der Waals surface area contributed by atoms with E-state index in [4.69, 9.17) is 19.7 Å². The minimum Gasteiger partial charge on any atom is -0.493 e. The smallest absolute Gasteiger partial charge is 0.404 e. The number of nitrogens with one attached hydrogen (secondary N) is 2. The molecule has 1 saturated heterocycles. The molecule has 1 spiro atoms. The van der Waals surface area contributed by atoms with Crippen LogP contribution < -0.4 is 20.1 Å². The molecular weight excluding hydrogens is 418 g/mol. The Morgan fingerprint density at radius 1 is 1.22 bits per heavy atom. The molecule has 32 heavy (non-hydrogen) atoms. The van der Waals surface area contributed by atoms with Gasteiger partial charge in [-0.2, -0.15) is 0 Å². The van der Waals surface area contributed by atoms with Crippen molar-refractivity contribution >= 4 is 18.0 Å². The van der Waals surface area contributed by atoms with E-state index in [0.29, 0.717) is 18.4 Å². The first-order valence-corrected chi connectivity index (χ1v) is 10.6. The molecule has 0 aromatic heterocycles. The maximum atomic E-state index is 12.6. The van der Waals surface area contributed by atoms with Gasteiger partial charge in [0.05, 0.1) is 7.11 Å². The van der Waals surface area contributed by atoms with Gasteiger partial charge in [-0.3, -0.25) is 4.79 Å². The van der Waals surface area contributed by atoms with E-state index < -0.39 is 12.2 Å². The number of nitrogens with zero attached hydrogens (tertiary/aromatic N) is 1. The molecule has 2 fully saturated rings. The molecule has 2 bridgehead atoms. The van der Waals surface area contributed by atoms with E-state index in [2.05, 4.69) is 18.0 Å². The summed E-state index contributed by atoms with van der Waals surface area (Å²) in [4.78, 5) is 33.6. The SMILES string of the molecule is CNC(=O)O.CNC(=O)O.COc1ccc2c3c1O[C@H]1C(=O)CC[C@H]4[C@@H](C2)N(C)CC[C@]314. The number of benzene rings is 1. The number of piperidine rings is 1. The van der Waals surface area contributed by atoms with Crippen LogP contribution in [0.1, 0.15) is 30.4 Å². The van der Waals surface area contributed by atoms with Gasteiger partial charge in [-0.1, -0.05) is 6.07 Å². The molecular formula is C22H31N3O7. The van der Waals surface area contributed by atoms with Crippen molar-refractivity contribution in [3.8, 4) is 11.5 Å². The van der Waals surface area contributed by atoms with Crippen LogP contribution in [0.3, 0.4) is 0 Å². The first-order chi connectivity index (χ1) is 15.2. The number of likely N-dealkylation sites (N-methyl/N-ethyl adjacent to an activating group) is 1. The monoisotopic (exact) mass is 449 g/mol. The van der Waals surface area contributed by atoms with Crippen LogP contribution in [0.4, 0.5) is 9.59 Å². The second-order valence-electron chi connectivity index (χ2n) is 8.39. The maximum Gasteiger partial charge on any atom is 0.404 e. The van der Waals surface area contributed by atoms with Crippen molar-refractivity contribution in [3.05, 3.63) is 23.3 Å². The molecule has 1 aromatic rings. The van der Waals surface area contributed by atoms with Gasteiger partial charge in [0.2, 0.25) is 0 Å². The second kappa shape index (κ2) is 9.23. The highest BCUT2D eigenvalue weighted by molar-refractivity contribution is 5.89. The van der Waals surface area contributed by atoms with Crippen molar-refractivity contribution < 1.29 is 34.1 Å². The number of likely N-dealkylation sites (tertiary alicyclic amines) is 1. The van der Waals surface area contributed by atoms with Crippen LogP contribution in [0.15, 0.2) is 12.1 Å². The lowest BCUT2D eigenvalue weighted by atomic mass is 9.52. The van der Waals surface area contributed by atoms with E-state index in [0.717, 1.165) is 37.3 Å². The standard InChI is InChI=1S/C18H21NO3.2C2H5NO2/c1-19-8-7-18-11-4-5-13(20)17(18)22-16-14(21-2)6-3-10(15(16)18)9-12(11)19;2*1-3-2(4)5/h3,6,11-12,17H,4-5,7-9H2,1-2H3;2*3H,1H3,(H,4,5)/t11-,12+,17-,18-;;/m0../s1. The van der Waals surface area contributed by atoms with Crippen LogP contribution in [-0.4, -0.2) is 80.0 Å². The number of ether oxygens (including phenoxy) is 2. The number of hydrogen-bond donors (Lipinski definition) is 4. The fourth-order valence-corrected chi connectivity index (χ4v) is 5.67. The van der Waals surface area contributed by atoms with Crippen molar-refractivity contribution in [2.75, 3.05) is 34.8 Å². The minimum atomic E-state index is -0.995. The van der Waals surface area contributed by atoms with Crippen LogP contribution in [-0.2, 0) is 16.6 Å². The Balaban J connectivity index is 0.000000246. The van der Waals surface area contributed by atoms with Gasteiger partial charge in [-0.15, -0.1) is 0 Å². The van der Waals surface area contributed by atoms with Gasteiger partial charge in [-0.05, 0) is 50.4 Å². The highest BCUT2D eigenvalue weighted by atomic mass is 16.5. The molecule has 2 amide bonds. The summed E-state index contributed by atoms with van der Waals surface area (Å²) in [7, 11) is 6.61. The first-order valence-electron chi connectivity index (χ1n) is 10.6. The number of carbonyl (C=O) groups excluding carboxylic acids is 1. The molecule has 1 aromatic carbocycles. The lowest BCUT2D eigenvalue weighted by molar-refractivity contribution is -0.138. The first kappa shape index (κ1) is 23.6. The van der Waals surface area contributed by atoms with E-state index in [9.17, 15) is 14.4 Å². The van der Waals surface area contributed by atoms with E-state index >= 15 is 0 Å². The molecule has 176 valence electrons. The molecule has 2 aliphatic heterocycles. The molecule has 2 aliphatic carbocycles. The molecule has 0 unspecified atom stereocenters. The van der Waals surface area contributed by atoms with Gasteiger partial charge < -0.3 is 35.2 Å². The Kier molecular flexibility index (Phi) is 6.82. The summed E-state index contributed by atoms with van der Waals surface area (Å²) in [5, 5.41) is 19.1. The van der Waals surface area contributed by atoms with Gasteiger partial charge in [0, 0.05) is 37.5 Å². The maximum absolute atomic E-state index is 12.6. The summed E-state index contributed by atoms with van der Waals surface area (Å²) >= 11 is 0. The summed E-state index contributed by atoms with van der Waals surface area (Å²) < 4.78 is 11.8. The second-order valence-corrected chi connectivity index (χ2v) is 8.39. The summed E-state index contributed by atoms with van der Waals surface area (Å²) in [5.41, 5.74) is 2.57. The van der Waals surface area contributed by atoms with Gasteiger partial charge in [-0.25, -0.2) is 9.59 Å². The summed E-state index contributed by atoms with van der Waals surface area (Å²) in [6.45, 7) is 1.05. The van der Waals surface area contributed by atoms with Crippen LogP contribution in [0.5, 0.6) is 11.5 Å². The predicted octanol–water partition coefficient (Wildman–Crippen LogP) is 1.70. The van der Waals surface area contributed by atoms with Crippen molar-refractivity contribution in [3.63, 3.8) is 0 Å². The number of Topliss-reactive ketones (excluding diaryl/α,β-unsaturated/α-hetero) is 1. The third-order valence-electron chi connectivity index (χ3n) is 7.02. The van der Waals surface area contributed by atoms with Crippen molar-refractivity contribution in [2.24, 2.45) is 5.92 Å². The van der Waals surface area contributed by atoms with Gasteiger partial charge in [0.1, 0.15) is 0 Å². The fourth-order valence-electron chi connectivity index (χ4n) is 5.67. The number of carboxylic acid groups (broad SMARTS) is 2. The van der Waals surface area contributed by atoms with Crippen LogP contribution in [0.2, 0.25) is 0 Å². The average Bonchev–Trinajstić information content (AvgIpc) is 3.14. The number of rotatable bonds is 1. The third kappa shape index (κ3) is 3.83. The highest BCUT2D eigenvalue weighted by Gasteiger charge is 2.65. The number of carbonyl (C=O) groups is 3. The van der Waals surface area contributed by atoms with Crippen LogP contribution in [0.25, 0.3) is 0 Å². The Morgan fingerprint density at radius 3 is 2.41 bits per heavy atom. The van der Waals surface area contributed by atoms with Crippen LogP contribution in [0, 0.1) is 5.92 Å². The zero-order valence-corrected chi connectivity index (χ0v) is 18.8. The summed E-state index contributed by atoms with van der Waals surface area (Å²) in [6.07, 6.45) is 1.48. The van der Waals surface area contributed by atoms with E-state index in [1.165, 1.54) is 25.2 Å². The fraction of sp³-hybridized carbons (Fsp3) is 0.591. The quantitative estimate of drug-likeness (QED) is 0.508. The van der Waals surface area contributed by atoms with E-state index in [-0.39, 0.29) is 17.3 Å². The van der Waals surface area contributed by atoms with Crippen molar-refractivity contribution in [1.82, 2.24) is 15.5 Å². The Labute approximate surface area is 186 Å². The highest BCUT2D eigenvalue weighted by Crippen LogP contribution is 2.63. The molecule has 4 aliphatic rings. The van der Waals surface area contributed by atoms with Gasteiger partial charge in [0.25, 0.3) is 0 Å². The van der Waals surface area contributed by atoms with Crippen LogP contribution >= 0.6 is 0 Å². The molecule has 10 heteroatoms. The largest absolute Gasteiger partial charge is 0.493 e. The van der Waals surface area contributed by atoms with Gasteiger partial charge >= 0.3 is 12.2 Å². The zero-order valence-electron chi connectivity index (χ0n) is 18.8. The normalized spacial score (nSPS) is 28.5. The molecule has 0 radical (unpaired) electrons. The van der Waals surface area contributed by atoms with Crippen molar-refractivity contribution in [2.45, 2.75) is 43.2 Å². The topological polar surface area (TPSA) is 137 Å². The number of hydrogen-bond acceptors (Lipinski definition) is 6. The molecule has 5 rings (SSSR count). The third-order valence-corrected chi connectivity index (χ3v) is 7.02. The molecule has 4 N–H and O–H groups in total. The minimum absolute atomic E-state index is 0.0933. The molecule has 10 nitrogen and oxygen atoms in total. The lowest BCUT2D eigenvalue weighted by Crippen LogP contribution is -2.65. The van der Waals surface area contributed by atoms with E-state index in [1.54, 1.807) is 7.11 Å². The Morgan fingerprint density at radius 2 is 1.84 bits per heavy atom. The summed E-state index contributed by atoms with van der Waals surface area (Å²) in [5.74, 6) is 2.46. The Hall–Kier alpha value is -3.01. The predicted molar refractivity (Wildman–Crippen MR) is 116 cm³/mol. The summed E-state index contributed by atoms with van der Waals surface area (Å²) in [6, 6.07) is 4.73. The zero-order chi connectivity index (χ0) is 23.6. The number of ketones is 1. The lowest BCUT2D eigenvalue weighted by Gasteiger charge is -2.57.